The van der Waals surface area contributed by atoms with Gasteiger partial charge in [0.25, 0.3) is 0 Å². The van der Waals surface area contributed by atoms with Gasteiger partial charge < -0.3 is 24.1 Å². The van der Waals surface area contributed by atoms with E-state index in [2.05, 4.69) is 0 Å². The second-order valence-electron chi connectivity index (χ2n) is 12.1. The zero-order valence-electron chi connectivity index (χ0n) is 22.6. The van der Waals surface area contributed by atoms with E-state index in [0.29, 0.717) is 12.0 Å². The molecular formula is C28H36O9. The van der Waals surface area contributed by atoms with Gasteiger partial charge in [0.05, 0.1) is 5.92 Å². The molecule has 0 spiro atoms. The number of carbonyl (C=O) groups excluding carboxylic acids is 4. The first-order valence-corrected chi connectivity index (χ1v) is 13.0. The van der Waals surface area contributed by atoms with Crippen molar-refractivity contribution < 1.29 is 43.2 Å². The number of hydrogen-bond acceptors (Lipinski definition) is 9. The van der Waals surface area contributed by atoms with E-state index in [1.165, 1.54) is 13.8 Å². The smallest absolute Gasteiger partial charge is 0.333 e. The molecule has 1 aliphatic heterocycles. The van der Waals surface area contributed by atoms with Crippen molar-refractivity contribution in [2.24, 2.45) is 29.1 Å². The molecule has 0 aromatic rings. The summed E-state index contributed by atoms with van der Waals surface area (Å²) in [5, 5.41) is 11.9. The van der Waals surface area contributed by atoms with E-state index in [0.717, 1.165) is 0 Å². The third kappa shape index (κ3) is 3.10. The first kappa shape index (κ1) is 26.1. The Hall–Kier alpha value is -2.52. The fourth-order valence-corrected chi connectivity index (χ4v) is 8.00. The Balaban J connectivity index is 1.71. The minimum absolute atomic E-state index is 0.177. The Labute approximate surface area is 216 Å². The number of rotatable bonds is 4. The lowest BCUT2D eigenvalue weighted by molar-refractivity contribution is -0.178. The maximum absolute atomic E-state index is 14.2. The summed E-state index contributed by atoms with van der Waals surface area (Å²) >= 11 is 0. The van der Waals surface area contributed by atoms with Crippen molar-refractivity contribution in [3.63, 3.8) is 0 Å². The third-order valence-electron chi connectivity index (χ3n) is 9.70. The van der Waals surface area contributed by atoms with Gasteiger partial charge in [-0.1, -0.05) is 33.8 Å². The second kappa shape index (κ2) is 7.76. The maximum Gasteiger partial charge on any atom is 0.333 e. The molecular weight excluding hydrogens is 480 g/mol. The highest BCUT2D eigenvalue weighted by Crippen LogP contribution is 2.76. The van der Waals surface area contributed by atoms with Gasteiger partial charge in [0.15, 0.2) is 17.0 Å². The van der Waals surface area contributed by atoms with Crippen LogP contribution < -0.4 is 0 Å². The molecule has 5 aliphatic rings. The predicted octanol–water partition coefficient (Wildman–Crippen LogP) is 2.44. The van der Waals surface area contributed by atoms with Crippen LogP contribution in [0, 0.1) is 29.1 Å². The number of esters is 3. The minimum Gasteiger partial charge on any atom is -0.459 e. The first-order chi connectivity index (χ1) is 17.1. The normalized spacial score (nSPS) is 46.7. The summed E-state index contributed by atoms with van der Waals surface area (Å²) in [6.45, 7) is 13.5. The molecule has 10 unspecified atom stereocenters. The van der Waals surface area contributed by atoms with Crippen molar-refractivity contribution >= 4 is 23.7 Å². The molecule has 0 amide bonds. The van der Waals surface area contributed by atoms with Crippen molar-refractivity contribution in [1.29, 1.82) is 0 Å². The lowest BCUT2D eigenvalue weighted by Crippen LogP contribution is -2.58. The summed E-state index contributed by atoms with van der Waals surface area (Å²) in [6.07, 6.45) is 0.581. The highest BCUT2D eigenvalue weighted by Gasteiger charge is 2.88. The summed E-state index contributed by atoms with van der Waals surface area (Å²) in [7, 11) is 0. The van der Waals surface area contributed by atoms with Gasteiger partial charge in [-0.15, -0.1) is 0 Å². The van der Waals surface area contributed by atoms with Gasteiger partial charge in [-0.05, 0) is 37.7 Å². The number of carbonyl (C=O) groups is 4. The van der Waals surface area contributed by atoms with Crippen molar-refractivity contribution in [3.8, 4) is 0 Å². The van der Waals surface area contributed by atoms with Gasteiger partial charge >= 0.3 is 17.9 Å². The standard InChI is InChI=1S/C28H36O9/c1-9-12(2)24(33)35-20-18-21(25(18,7)8)28(36-16(6)30)14(4)22(32)26-10-13(3)23(34-15(5)29)27(26,37-26)11-17(28)19(20)31/h9,11,13-14,18-21,23,31H,10H2,1-8H3. The molecule has 0 radical (unpaired) electrons. The van der Waals surface area contributed by atoms with Crippen LogP contribution in [0.25, 0.3) is 0 Å². The monoisotopic (exact) mass is 516 g/mol. The number of hydrogen-bond donors (Lipinski definition) is 1. The lowest BCUT2D eigenvalue weighted by Gasteiger charge is -2.46. The molecule has 202 valence electrons. The molecule has 0 aromatic carbocycles. The fraction of sp³-hybridized carbons (Fsp3) is 0.714. The number of ether oxygens (including phenoxy) is 4. The molecule has 1 N–H and O–H groups in total. The van der Waals surface area contributed by atoms with Gasteiger partial charge in [0, 0.05) is 36.8 Å². The zero-order valence-corrected chi connectivity index (χ0v) is 22.6. The molecule has 9 heteroatoms. The van der Waals surface area contributed by atoms with E-state index in [-0.39, 0.29) is 23.2 Å². The topological polar surface area (TPSA) is 129 Å². The molecule has 4 aliphatic carbocycles. The van der Waals surface area contributed by atoms with E-state index in [4.69, 9.17) is 18.9 Å². The summed E-state index contributed by atoms with van der Waals surface area (Å²) in [4.78, 5) is 51.6. The van der Waals surface area contributed by atoms with E-state index in [1.807, 2.05) is 20.8 Å². The Kier molecular flexibility index (Phi) is 5.47. The van der Waals surface area contributed by atoms with Crippen LogP contribution >= 0.6 is 0 Å². The minimum atomic E-state index is -1.45. The zero-order chi connectivity index (χ0) is 27.5. The van der Waals surface area contributed by atoms with E-state index in [9.17, 15) is 24.3 Å². The quantitative estimate of drug-likeness (QED) is 0.197. The van der Waals surface area contributed by atoms with Gasteiger partial charge in [0.1, 0.15) is 23.9 Å². The summed E-state index contributed by atoms with van der Waals surface area (Å²) in [6, 6.07) is 0. The van der Waals surface area contributed by atoms with Crippen LogP contribution in [0.2, 0.25) is 0 Å². The van der Waals surface area contributed by atoms with Crippen LogP contribution in [0.3, 0.4) is 0 Å². The van der Waals surface area contributed by atoms with Crippen molar-refractivity contribution in [1.82, 2.24) is 0 Å². The van der Waals surface area contributed by atoms with Gasteiger partial charge in [-0.3, -0.25) is 14.4 Å². The summed E-state index contributed by atoms with van der Waals surface area (Å²) in [5.41, 5.74) is -3.82. The Bertz CT molecular complexity index is 1170. The maximum atomic E-state index is 14.2. The Morgan fingerprint density at radius 2 is 1.76 bits per heavy atom. The second-order valence-corrected chi connectivity index (χ2v) is 12.1. The van der Waals surface area contributed by atoms with Crippen molar-refractivity contribution in [3.05, 3.63) is 23.3 Å². The van der Waals surface area contributed by atoms with E-state index in [1.54, 1.807) is 32.9 Å². The highest BCUT2D eigenvalue weighted by molar-refractivity contribution is 5.98. The molecule has 3 saturated carbocycles. The van der Waals surface area contributed by atoms with Gasteiger partial charge in [-0.2, -0.15) is 0 Å². The fourth-order valence-electron chi connectivity index (χ4n) is 8.00. The molecule has 5 rings (SSSR count). The highest BCUT2D eigenvalue weighted by atomic mass is 16.7. The van der Waals surface area contributed by atoms with Crippen molar-refractivity contribution in [2.45, 2.75) is 96.9 Å². The number of aliphatic hydroxyl groups is 1. The van der Waals surface area contributed by atoms with Crippen LogP contribution in [0.4, 0.5) is 0 Å². The van der Waals surface area contributed by atoms with Crippen LogP contribution in [0.5, 0.6) is 0 Å². The molecule has 37 heavy (non-hydrogen) atoms. The van der Waals surface area contributed by atoms with Crippen LogP contribution in [-0.2, 0) is 38.1 Å². The van der Waals surface area contributed by atoms with Crippen LogP contribution in [-0.4, -0.2) is 63.9 Å². The molecule has 0 bridgehead atoms. The number of fused-ring (bicyclic) bond motifs is 3. The molecule has 10 atom stereocenters. The summed E-state index contributed by atoms with van der Waals surface area (Å²) < 4.78 is 23.8. The number of aliphatic hydroxyl groups excluding tert-OH is 1. The predicted molar refractivity (Wildman–Crippen MR) is 129 cm³/mol. The van der Waals surface area contributed by atoms with Crippen LogP contribution in [0.1, 0.15) is 61.8 Å². The van der Waals surface area contributed by atoms with Gasteiger partial charge in [-0.25, -0.2) is 4.79 Å². The number of Topliss-reactive ketones (excluding diaryl/α,β-unsaturated/α-hetero) is 1. The first-order valence-electron chi connectivity index (χ1n) is 13.0. The number of allylic oxidation sites excluding steroid dienone is 1. The average Bonchev–Trinajstić information content (AvgIpc) is 3.61. The number of ketones is 1. The molecule has 1 saturated heterocycles. The molecule has 0 aromatic heterocycles. The Morgan fingerprint density at radius 1 is 1.11 bits per heavy atom. The van der Waals surface area contributed by atoms with Crippen molar-refractivity contribution in [2.75, 3.05) is 0 Å². The molecule has 1 heterocycles. The van der Waals surface area contributed by atoms with E-state index < -0.39 is 70.3 Å². The van der Waals surface area contributed by atoms with E-state index >= 15 is 0 Å². The van der Waals surface area contributed by atoms with Crippen LogP contribution in [0.15, 0.2) is 23.3 Å². The molecule has 4 fully saturated rings. The number of epoxide rings is 1. The average molecular weight is 517 g/mol. The van der Waals surface area contributed by atoms with Gasteiger partial charge in [0.2, 0.25) is 0 Å². The largest absolute Gasteiger partial charge is 0.459 e. The molecule has 9 nitrogen and oxygen atoms in total. The summed E-state index contributed by atoms with van der Waals surface area (Å²) in [5.74, 6) is -3.65. The Morgan fingerprint density at radius 3 is 2.32 bits per heavy atom. The SMILES string of the molecule is CC=C(C)C(=O)OC1C(O)C2=CC34OC3(CC(C)C4OC(C)=O)C(=O)C(C)C2(OC(C)=O)C2C1C2(C)C. The lowest BCUT2D eigenvalue weighted by atomic mass is 9.67. The third-order valence-corrected chi connectivity index (χ3v) is 9.70.